The predicted octanol–water partition coefficient (Wildman–Crippen LogP) is 4.92. The summed E-state index contributed by atoms with van der Waals surface area (Å²) in [5, 5.41) is 3.99. The molecule has 1 N–H and O–H groups in total. The molecule has 162 valence electrons. The molecule has 0 fully saturated rings. The lowest BCUT2D eigenvalue weighted by Gasteiger charge is -2.11. The number of nitrogens with zero attached hydrogens (tertiary/aromatic N) is 1. The van der Waals surface area contributed by atoms with Crippen LogP contribution in [0.25, 0.3) is 0 Å². The second-order valence-electron chi connectivity index (χ2n) is 7.27. The highest BCUT2D eigenvalue weighted by Gasteiger charge is 2.06. The van der Waals surface area contributed by atoms with Crippen LogP contribution in [0.2, 0.25) is 0 Å². The largest absolute Gasteiger partial charge is 0.493 e. The molecule has 0 saturated carbocycles. The van der Waals surface area contributed by atoms with Crippen molar-refractivity contribution in [3.05, 3.63) is 53.6 Å². The number of nitrogens with one attached hydrogen (secondary N) is 1. The molecular formula is C24H32N2O4. The number of hydrogen-bond donors (Lipinski definition) is 1. The Labute approximate surface area is 179 Å². The van der Waals surface area contributed by atoms with Crippen molar-refractivity contribution in [2.75, 3.05) is 20.3 Å². The normalized spacial score (nSPS) is 11.0. The van der Waals surface area contributed by atoms with Gasteiger partial charge in [-0.1, -0.05) is 45.7 Å². The summed E-state index contributed by atoms with van der Waals surface area (Å²) in [6, 6.07) is 13.3. The summed E-state index contributed by atoms with van der Waals surface area (Å²) < 4.78 is 16.7. The van der Waals surface area contributed by atoms with Crippen molar-refractivity contribution in [3.63, 3.8) is 0 Å². The van der Waals surface area contributed by atoms with Gasteiger partial charge in [0.15, 0.2) is 18.1 Å². The van der Waals surface area contributed by atoms with Crippen LogP contribution in [0.15, 0.2) is 47.6 Å². The van der Waals surface area contributed by atoms with E-state index in [4.69, 9.17) is 14.2 Å². The van der Waals surface area contributed by atoms with E-state index >= 15 is 0 Å². The minimum atomic E-state index is -0.330. The summed E-state index contributed by atoms with van der Waals surface area (Å²) in [6.07, 6.45) is 4.86. The number of ether oxygens (including phenoxy) is 3. The molecule has 0 aliphatic carbocycles. The van der Waals surface area contributed by atoms with Crippen molar-refractivity contribution in [1.29, 1.82) is 0 Å². The molecule has 0 heterocycles. The van der Waals surface area contributed by atoms with E-state index in [0.717, 1.165) is 30.4 Å². The van der Waals surface area contributed by atoms with Crippen LogP contribution in [0.1, 0.15) is 57.1 Å². The van der Waals surface area contributed by atoms with Crippen LogP contribution in [0.4, 0.5) is 0 Å². The van der Waals surface area contributed by atoms with E-state index in [1.807, 2.05) is 42.5 Å². The maximum absolute atomic E-state index is 12.0. The molecule has 6 nitrogen and oxygen atoms in total. The zero-order valence-corrected chi connectivity index (χ0v) is 18.3. The van der Waals surface area contributed by atoms with Crippen LogP contribution in [0.3, 0.4) is 0 Å². The van der Waals surface area contributed by atoms with Crippen molar-refractivity contribution in [3.8, 4) is 17.2 Å². The molecule has 30 heavy (non-hydrogen) atoms. The van der Waals surface area contributed by atoms with E-state index in [0.29, 0.717) is 29.8 Å². The molecule has 1 amide bonds. The average molecular weight is 413 g/mol. The average Bonchev–Trinajstić information content (AvgIpc) is 2.76. The fraction of sp³-hybridized carbons (Fsp3) is 0.417. The Balaban J connectivity index is 1.83. The monoisotopic (exact) mass is 412 g/mol. The highest BCUT2D eigenvalue weighted by atomic mass is 16.5. The fourth-order valence-corrected chi connectivity index (χ4v) is 2.74. The smallest absolute Gasteiger partial charge is 0.277 e. The number of benzene rings is 2. The second kappa shape index (κ2) is 12.5. The Hall–Kier alpha value is -3.02. The van der Waals surface area contributed by atoms with E-state index in [-0.39, 0.29) is 12.5 Å². The van der Waals surface area contributed by atoms with Gasteiger partial charge in [0, 0.05) is 0 Å². The second-order valence-corrected chi connectivity index (χ2v) is 7.27. The molecule has 0 unspecified atom stereocenters. The number of hydrogen-bond acceptors (Lipinski definition) is 5. The molecular weight excluding hydrogens is 380 g/mol. The van der Waals surface area contributed by atoms with Gasteiger partial charge in [-0.05, 0) is 53.8 Å². The first-order valence-corrected chi connectivity index (χ1v) is 10.4. The summed E-state index contributed by atoms with van der Waals surface area (Å²) in [5.41, 5.74) is 4.43. The van der Waals surface area contributed by atoms with Crippen LogP contribution in [-0.4, -0.2) is 32.4 Å². The maximum atomic E-state index is 12.0. The van der Waals surface area contributed by atoms with E-state index < -0.39 is 0 Å². The van der Waals surface area contributed by atoms with Gasteiger partial charge in [0.25, 0.3) is 5.91 Å². The van der Waals surface area contributed by atoms with Crippen LogP contribution in [-0.2, 0) is 4.79 Å². The van der Waals surface area contributed by atoms with Crippen LogP contribution in [0.5, 0.6) is 17.2 Å². The van der Waals surface area contributed by atoms with Crippen molar-refractivity contribution in [2.24, 2.45) is 5.10 Å². The summed E-state index contributed by atoms with van der Waals surface area (Å²) in [6.45, 7) is 6.94. The lowest BCUT2D eigenvalue weighted by Crippen LogP contribution is -2.24. The Morgan fingerprint density at radius 2 is 1.93 bits per heavy atom. The van der Waals surface area contributed by atoms with Gasteiger partial charge >= 0.3 is 0 Å². The first-order valence-electron chi connectivity index (χ1n) is 10.4. The zero-order chi connectivity index (χ0) is 21.8. The molecule has 0 saturated heterocycles. The molecule has 0 radical (unpaired) electrons. The first kappa shape index (κ1) is 23.3. The number of amides is 1. The standard InChI is InChI=1S/C24H32N2O4/c1-5-6-7-13-29-22-12-11-19(14-23(22)28-4)16-25-26-24(27)17-30-21-10-8-9-20(15-21)18(2)3/h8-12,14-16,18H,5-7,13,17H2,1-4H3,(H,26,27)/b25-16+. The van der Waals surface area contributed by atoms with Crippen LogP contribution in [0, 0.1) is 0 Å². The van der Waals surface area contributed by atoms with Crippen LogP contribution >= 0.6 is 0 Å². The molecule has 2 rings (SSSR count). The van der Waals surface area contributed by atoms with Gasteiger partial charge in [-0.25, -0.2) is 5.43 Å². The number of unbranched alkanes of at least 4 members (excludes halogenated alkanes) is 2. The zero-order valence-electron chi connectivity index (χ0n) is 18.3. The molecule has 0 bridgehead atoms. The Morgan fingerprint density at radius 3 is 2.67 bits per heavy atom. The van der Waals surface area contributed by atoms with Crippen LogP contribution < -0.4 is 19.6 Å². The molecule has 0 aliphatic rings. The summed E-state index contributed by atoms with van der Waals surface area (Å²) >= 11 is 0. The molecule has 6 heteroatoms. The topological polar surface area (TPSA) is 69.2 Å². The van der Waals surface area contributed by atoms with Gasteiger partial charge in [-0.15, -0.1) is 0 Å². The first-order chi connectivity index (χ1) is 14.5. The van der Waals surface area contributed by atoms with Gasteiger partial charge < -0.3 is 14.2 Å². The van der Waals surface area contributed by atoms with Crippen molar-refractivity contribution < 1.29 is 19.0 Å². The van der Waals surface area contributed by atoms with Crippen molar-refractivity contribution in [1.82, 2.24) is 5.43 Å². The molecule has 0 atom stereocenters. The summed E-state index contributed by atoms with van der Waals surface area (Å²) in [5.74, 6) is 2.07. The number of carbonyl (C=O) groups excluding carboxylic acids is 1. The minimum absolute atomic E-state index is 0.104. The van der Waals surface area contributed by atoms with Gasteiger partial charge in [-0.2, -0.15) is 5.10 Å². The SMILES string of the molecule is CCCCCOc1ccc(/C=N/NC(=O)COc2cccc(C(C)C)c2)cc1OC. The lowest BCUT2D eigenvalue weighted by atomic mass is 10.0. The van der Waals surface area contributed by atoms with E-state index in [9.17, 15) is 4.79 Å². The molecule has 2 aromatic carbocycles. The molecule has 0 aliphatic heterocycles. The third-order valence-electron chi connectivity index (χ3n) is 4.49. The summed E-state index contributed by atoms with van der Waals surface area (Å²) in [7, 11) is 1.60. The molecule has 0 spiro atoms. The predicted molar refractivity (Wildman–Crippen MR) is 120 cm³/mol. The van der Waals surface area contributed by atoms with E-state index in [1.165, 1.54) is 0 Å². The van der Waals surface area contributed by atoms with Crippen molar-refractivity contribution >= 4 is 12.1 Å². The molecule has 2 aromatic rings. The third kappa shape index (κ3) is 7.78. The van der Waals surface area contributed by atoms with Gasteiger partial charge in [0.2, 0.25) is 0 Å². The highest BCUT2D eigenvalue weighted by molar-refractivity contribution is 5.83. The van der Waals surface area contributed by atoms with Gasteiger partial charge in [-0.3, -0.25) is 4.79 Å². The Bertz CT molecular complexity index is 834. The Morgan fingerprint density at radius 1 is 1.10 bits per heavy atom. The number of hydrazone groups is 1. The Kier molecular flexibility index (Phi) is 9.71. The summed E-state index contributed by atoms with van der Waals surface area (Å²) in [4.78, 5) is 12.0. The quantitative estimate of drug-likeness (QED) is 0.305. The van der Waals surface area contributed by atoms with E-state index in [2.05, 4.69) is 31.3 Å². The maximum Gasteiger partial charge on any atom is 0.277 e. The van der Waals surface area contributed by atoms with E-state index in [1.54, 1.807) is 13.3 Å². The van der Waals surface area contributed by atoms with Gasteiger partial charge in [0.05, 0.1) is 19.9 Å². The third-order valence-corrected chi connectivity index (χ3v) is 4.49. The highest BCUT2D eigenvalue weighted by Crippen LogP contribution is 2.27. The number of rotatable bonds is 12. The minimum Gasteiger partial charge on any atom is -0.493 e. The number of methoxy groups -OCH3 is 1. The lowest BCUT2D eigenvalue weighted by molar-refractivity contribution is -0.123. The molecule has 0 aromatic heterocycles. The van der Waals surface area contributed by atoms with Crippen molar-refractivity contribution in [2.45, 2.75) is 46.0 Å². The fourth-order valence-electron chi connectivity index (χ4n) is 2.74. The van der Waals surface area contributed by atoms with Gasteiger partial charge in [0.1, 0.15) is 5.75 Å². The number of carbonyl (C=O) groups is 1.